The van der Waals surface area contributed by atoms with Gasteiger partial charge in [0.1, 0.15) is 17.6 Å². The summed E-state index contributed by atoms with van der Waals surface area (Å²) >= 11 is 0. The molecule has 0 spiro atoms. The molecule has 1 aromatic carbocycles. The van der Waals surface area contributed by atoms with Crippen molar-refractivity contribution < 1.29 is 23.5 Å². The largest absolute Gasteiger partial charge is 0.497 e. The number of esters is 1. The van der Waals surface area contributed by atoms with E-state index in [2.05, 4.69) is 10.5 Å². The lowest BCUT2D eigenvalue weighted by molar-refractivity contribution is -0.132. The van der Waals surface area contributed by atoms with Gasteiger partial charge >= 0.3 is 5.97 Å². The number of benzene rings is 1. The maximum Gasteiger partial charge on any atom is 0.355 e. The molecule has 0 fully saturated rings. The number of hydrazone groups is 1. The van der Waals surface area contributed by atoms with Crippen LogP contribution >= 0.6 is 0 Å². The van der Waals surface area contributed by atoms with Gasteiger partial charge in [0, 0.05) is 5.56 Å². The number of hydrogen-bond donors (Lipinski definition) is 1. The minimum atomic E-state index is -0.766. The average Bonchev–Trinajstić information content (AvgIpc) is 3.29. The lowest BCUT2D eigenvalue weighted by Crippen LogP contribution is -2.37. The summed E-state index contributed by atoms with van der Waals surface area (Å²) in [5, 5.41) is 3.99. The molecular weight excluding hydrogens is 312 g/mol. The Kier molecular flexibility index (Phi) is 4.33. The number of Topliss-reactive ketones (excluding diaryl/α,β-unsaturated/α-hetero) is 1. The maximum atomic E-state index is 12.9. The van der Waals surface area contributed by atoms with E-state index in [1.54, 1.807) is 36.4 Å². The molecule has 24 heavy (non-hydrogen) atoms. The second-order valence-corrected chi connectivity index (χ2v) is 5.18. The van der Waals surface area contributed by atoms with Crippen molar-refractivity contribution >= 4 is 17.5 Å². The Morgan fingerprint density at radius 3 is 2.71 bits per heavy atom. The minimum absolute atomic E-state index is 0.105. The Labute approximate surface area is 138 Å². The van der Waals surface area contributed by atoms with Crippen LogP contribution in [0.2, 0.25) is 0 Å². The van der Waals surface area contributed by atoms with Crippen molar-refractivity contribution in [3.63, 3.8) is 0 Å². The van der Waals surface area contributed by atoms with Crippen LogP contribution < -0.4 is 10.2 Å². The van der Waals surface area contributed by atoms with E-state index >= 15 is 0 Å². The minimum Gasteiger partial charge on any atom is -0.497 e. The lowest BCUT2D eigenvalue weighted by Gasteiger charge is -2.17. The summed E-state index contributed by atoms with van der Waals surface area (Å²) in [6.45, 7) is 0. The van der Waals surface area contributed by atoms with Crippen molar-refractivity contribution in [2.75, 3.05) is 14.2 Å². The lowest BCUT2D eigenvalue weighted by atomic mass is 9.88. The third-order valence-corrected chi connectivity index (χ3v) is 3.83. The van der Waals surface area contributed by atoms with Crippen LogP contribution in [0.25, 0.3) is 0 Å². The number of nitrogens with one attached hydrogen (secondary N) is 1. The smallest absolute Gasteiger partial charge is 0.355 e. The summed E-state index contributed by atoms with van der Waals surface area (Å²) in [6, 6.07) is 9.42. The molecule has 124 valence electrons. The van der Waals surface area contributed by atoms with Crippen LogP contribution in [0.1, 0.15) is 22.0 Å². The number of hydrogen-bond acceptors (Lipinski definition) is 7. The Morgan fingerprint density at radius 2 is 2.04 bits per heavy atom. The predicted octanol–water partition coefficient (Wildman–Crippen LogP) is 1.76. The third kappa shape index (κ3) is 2.76. The normalized spacial score (nSPS) is 19.3. The molecule has 0 saturated carbocycles. The number of carbonyl (C=O) groups is 2. The molecule has 7 heteroatoms. The van der Waals surface area contributed by atoms with E-state index in [9.17, 15) is 9.59 Å². The van der Waals surface area contributed by atoms with Crippen LogP contribution in [0.5, 0.6) is 5.75 Å². The van der Waals surface area contributed by atoms with Gasteiger partial charge in [0.25, 0.3) is 0 Å². The molecule has 0 amide bonds. The first kappa shape index (κ1) is 15.8. The summed E-state index contributed by atoms with van der Waals surface area (Å²) in [6.07, 6.45) is 1.48. The van der Waals surface area contributed by atoms with Gasteiger partial charge < -0.3 is 13.9 Å². The topological polar surface area (TPSA) is 90.1 Å². The quantitative estimate of drug-likeness (QED) is 0.664. The molecule has 1 aromatic heterocycles. The van der Waals surface area contributed by atoms with Crippen LogP contribution in [-0.4, -0.2) is 37.7 Å². The van der Waals surface area contributed by atoms with Gasteiger partial charge in [0.2, 0.25) is 0 Å². The zero-order valence-electron chi connectivity index (χ0n) is 13.2. The highest BCUT2D eigenvalue weighted by molar-refractivity contribution is 6.40. The van der Waals surface area contributed by atoms with E-state index in [0.717, 1.165) is 0 Å². The molecule has 7 nitrogen and oxygen atoms in total. The first-order chi connectivity index (χ1) is 11.7. The average molecular weight is 328 g/mol. The van der Waals surface area contributed by atoms with Crippen LogP contribution in [-0.2, 0) is 9.53 Å². The van der Waals surface area contributed by atoms with Crippen molar-refractivity contribution in [1.29, 1.82) is 0 Å². The fourth-order valence-corrected chi connectivity index (χ4v) is 2.65. The fraction of sp³-hybridized carbons (Fsp3) is 0.235. The van der Waals surface area contributed by atoms with Gasteiger partial charge in [0.05, 0.1) is 26.4 Å². The summed E-state index contributed by atoms with van der Waals surface area (Å²) in [4.78, 5) is 24.9. The standard InChI is InChI=1S/C17H16N2O5/c1-22-11-6-3-5-10(9-11)16(20)14-13(12-7-4-8-24-12)15(19-18-14)17(21)23-2/h3-9,13-14,18H,1-2H3. The number of carbonyl (C=O) groups excluding carboxylic acids is 2. The molecule has 2 unspecified atom stereocenters. The molecule has 2 heterocycles. The molecule has 2 aromatic rings. The number of methoxy groups -OCH3 is 2. The Morgan fingerprint density at radius 1 is 1.21 bits per heavy atom. The van der Waals surface area contributed by atoms with Gasteiger partial charge in [-0.3, -0.25) is 10.2 Å². The summed E-state index contributed by atoms with van der Waals surface area (Å²) in [7, 11) is 2.79. The highest BCUT2D eigenvalue weighted by Gasteiger charge is 2.43. The fourth-order valence-electron chi connectivity index (χ4n) is 2.65. The number of ether oxygens (including phenoxy) is 2. The second kappa shape index (κ2) is 6.57. The van der Waals surface area contributed by atoms with Gasteiger partial charge in [-0.05, 0) is 24.3 Å². The summed E-state index contributed by atoms with van der Waals surface area (Å²) < 4.78 is 15.3. The monoisotopic (exact) mass is 328 g/mol. The van der Waals surface area contributed by atoms with Gasteiger partial charge in [0.15, 0.2) is 11.5 Å². The number of rotatable bonds is 5. The Balaban J connectivity index is 1.94. The van der Waals surface area contributed by atoms with Gasteiger partial charge in [-0.15, -0.1) is 0 Å². The summed E-state index contributed by atoms with van der Waals surface area (Å²) in [5.41, 5.74) is 3.29. The molecule has 0 bridgehead atoms. The van der Waals surface area contributed by atoms with Crippen molar-refractivity contribution in [3.05, 3.63) is 54.0 Å². The van der Waals surface area contributed by atoms with Gasteiger partial charge in [-0.2, -0.15) is 5.10 Å². The van der Waals surface area contributed by atoms with Crippen LogP contribution in [0, 0.1) is 0 Å². The molecular formula is C17H16N2O5. The molecule has 1 aliphatic rings. The van der Waals surface area contributed by atoms with Crippen molar-refractivity contribution in [2.45, 2.75) is 12.0 Å². The number of ketones is 1. The molecule has 1 N–H and O–H groups in total. The van der Waals surface area contributed by atoms with E-state index in [0.29, 0.717) is 17.1 Å². The van der Waals surface area contributed by atoms with E-state index in [4.69, 9.17) is 13.9 Å². The van der Waals surface area contributed by atoms with E-state index in [1.165, 1.54) is 20.5 Å². The first-order valence-electron chi connectivity index (χ1n) is 7.28. The highest BCUT2D eigenvalue weighted by Crippen LogP contribution is 2.29. The number of furan rings is 1. The molecule has 0 saturated heterocycles. The number of nitrogens with zero attached hydrogens (tertiary/aromatic N) is 1. The molecule has 1 aliphatic heterocycles. The first-order valence-corrected chi connectivity index (χ1v) is 7.28. The third-order valence-electron chi connectivity index (χ3n) is 3.83. The van der Waals surface area contributed by atoms with E-state index in [-0.39, 0.29) is 11.5 Å². The van der Waals surface area contributed by atoms with Crippen LogP contribution in [0.15, 0.2) is 52.2 Å². The maximum absolute atomic E-state index is 12.9. The molecule has 0 radical (unpaired) electrons. The van der Waals surface area contributed by atoms with Gasteiger partial charge in [-0.25, -0.2) is 4.79 Å². The zero-order valence-corrected chi connectivity index (χ0v) is 13.2. The van der Waals surface area contributed by atoms with Crippen LogP contribution in [0.3, 0.4) is 0 Å². The molecule has 2 atom stereocenters. The van der Waals surface area contributed by atoms with E-state index < -0.39 is 17.9 Å². The predicted molar refractivity (Wildman–Crippen MR) is 85.1 cm³/mol. The molecule has 0 aliphatic carbocycles. The summed E-state index contributed by atoms with van der Waals surface area (Å²) in [5.74, 6) is -0.457. The van der Waals surface area contributed by atoms with Gasteiger partial charge in [-0.1, -0.05) is 12.1 Å². The van der Waals surface area contributed by atoms with E-state index in [1.807, 2.05) is 0 Å². The van der Waals surface area contributed by atoms with Crippen LogP contribution in [0.4, 0.5) is 0 Å². The second-order valence-electron chi connectivity index (χ2n) is 5.18. The van der Waals surface area contributed by atoms with Crippen molar-refractivity contribution in [1.82, 2.24) is 5.43 Å². The Hall–Kier alpha value is -3.09. The Bertz CT molecular complexity index is 782. The SMILES string of the molecule is COC(=O)C1=NNC(C(=O)c2cccc(OC)c2)C1c1ccco1. The van der Waals surface area contributed by atoms with Crippen molar-refractivity contribution in [2.24, 2.45) is 5.10 Å². The zero-order chi connectivity index (χ0) is 17.1. The molecule has 3 rings (SSSR count). The van der Waals surface area contributed by atoms with Crippen molar-refractivity contribution in [3.8, 4) is 5.75 Å². The highest BCUT2D eigenvalue weighted by atomic mass is 16.5.